The molecule has 0 aromatic carbocycles. The number of hydrogen-bond acceptors (Lipinski definition) is 1. The Hall–Kier alpha value is -0.330. The molecule has 0 spiro atoms. The van der Waals surface area contributed by atoms with Gasteiger partial charge >= 0.3 is 0 Å². The molecule has 0 bridgehead atoms. The Labute approximate surface area is 88.8 Å². The summed E-state index contributed by atoms with van der Waals surface area (Å²) < 4.78 is 0. The van der Waals surface area contributed by atoms with E-state index in [0.717, 1.165) is 12.1 Å². The highest BCUT2D eigenvalue weighted by Gasteiger charge is 2.17. The summed E-state index contributed by atoms with van der Waals surface area (Å²) in [6, 6.07) is 0. The van der Waals surface area contributed by atoms with Crippen molar-refractivity contribution in [1.82, 2.24) is 0 Å². The summed E-state index contributed by atoms with van der Waals surface area (Å²) in [4.78, 5) is 0. The van der Waals surface area contributed by atoms with Crippen molar-refractivity contribution in [1.29, 1.82) is 5.41 Å². The summed E-state index contributed by atoms with van der Waals surface area (Å²) in [5.41, 5.74) is 1.00. The zero-order chi connectivity index (χ0) is 10.2. The van der Waals surface area contributed by atoms with Crippen LogP contribution in [0.25, 0.3) is 0 Å². The summed E-state index contributed by atoms with van der Waals surface area (Å²) in [7, 11) is 0. The Morgan fingerprint density at radius 2 is 2.14 bits per heavy atom. The smallest absolute Gasteiger partial charge is 0.0123 e. The van der Waals surface area contributed by atoms with Crippen LogP contribution in [0.3, 0.4) is 0 Å². The van der Waals surface area contributed by atoms with Gasteiger partial charge in [-0.1, -0.05) is 39.0 Å². The third kappa shape index (κ3) is 4.26. The van der Waals surface area contributed by atoms with Crippen molar-refractivity contribution in [3.63, 3.8) is 0 Å². The van der Waals surface area contributed by atoms with Crippen LogP contribution in [0.1, 0.15) is 64.7 Å². The van der Waals surface area contributed by atoms with E-state index in [-0.39, 0.29) is 0 Å². The van der Waals surface area contributed by atoms with Gasteiger partial charge in [0.15, 0.2) is 0 Å². The first kappa shape index (κ1) is 11.7. The molecule has 14 heavy (non-hydrogen) atoms. The third-order valence-electron chi connectivity index (χ3n) is 3.17. The van der Waals surface area contributed by atoms with E-state index in [1.165, 1.54) is 51.4 Å². The largest absolute Gasteiger partial charge is 0.309 e. The Morgan fingerprint density at radius 1 is 1.29 bits per heavy atom. The molecule has 1 nitrogen and oxygen atoms in total. The van der Waals surface area contributed by atoms with Crippen molar-refractivity contribution in [2.75, 3.05) is 0 Å². The van der Waals surface area contributed by atoms with E-state index in [4.69, 9.17) is 5.41 Å². The molecule has 0 aromatic heterocycles. The van der Waals surface area contributed by atoms with Gasteiger partial charge in [0.2, 0.25) is 0 Å². The second-order valence-corrected chi connectivity index (χ2v) is 4.46. The highest BCUT2D eigenvalue weighted by atomic mass is 14.4. The predicted molar refractivity (Wildman–Crippen MR) is 62.7 cm³/mol. The molecule has 1 radical (unpaired) electrons. The van der Waals surface area contributed by atoms with Gasteiger partial charge in [0.05, 0.1) is 0 Å². The number of nitrogens with one attached hydrogen (secondary N) is 1. The van der Waals surface area contributed by atoms with E-state index in [1.807, 2.05) is 0 Å². The molecule has 1 fully saturated rings. The molecule has 0 aromatic rings. The maximum absolute atomic E-state index is 7.99. The standard InChI is InChI=1S/C13H24N/c1-2-3-4-8-11-13(14)12-9-6-5-7-10-12/h9,12,14H,2-8,10-11H2,1H3. The lowest BCUT2D eigenvalue weighted by molar-refractivity contribution is 0.522. The first-order valence-electron chi connectivity index (χ1n) is 6.25. The number of rotatable bonds is 6. The molecule has 1 aliphatic rings. The molecule has 81 valence electrons. The van der Waals surface area contributed by atoms with Gasteiger partial charge in [0.1, 0.15) is 0 Å². The zero-order valence-corrected chi connectivity index (χ0v) is 9.52. The first-order valence-corrected chi connectivity index (χ1v) is 6.25. The van der Waals surface area contributed by atoms with E-state index in [2.05, 4.69) is 13.3 Å². The van der Waals surface area contributed by atoms with Crippen LogP contribution in [0, 0.1) is 17.7 Å². The van der Waals surface area contributed by atoms with Crippen molar-refractivity contribution in [3.8, 4) is 0 Å². The van der Waals surface area contributed by atoms with Crippen molar-refractivity contribution in [3.05, 3.63) is 6.42 Å². The van der Waals surface area contributed by atoms with Crippen LogP contribution in [-0.4, -0.2) is 5.71 Å². The van der Waals surface area contributed by atoms with Gasteiger partial charge in [-0.05, 0) is 38.0 Å². The normalized spacial score (nSPS) is 18.4. The van der Waals surface area contributed by atoms with Crippen molar-refractivity contribution < 1.29 is 0 Å². The van der Waals surface area contributed by atoms with Crippen LogP contribution < -0.4 is 0 Å². The lowest BCUT2D eigenvalue weighted by atomic mass is 9.84. The van der Waals surface area contributed by atoms with Crippen LogP contribution in [-0.2, 0) is 0 Å². The van der Waals surface area contributed by atoms with E-state index >= 15 is 0 Å². The fraction of sp³-hybridized carbons (Fsp3) is 0.846. The van der Waals surface area contributed by atoms with Crippen molar-refractivity contribution in [2.24, 2.45) is 5.92 Å². The second-order valence-electron chi connectivity index (χ2n) is 4.46. The molecule has 0 aliphatic heterocycles. The summed E-state index contributed by atoms with van der Waals surface area (Å²) in [6.45, 7) is 2.24. The minimum atomic E-state index is 0.533. The van der Waals surface area contributed by atoms with Crippen molar-refractivity contribution >= 4 is 5.71 Å². The lowest BCUT2D eigenvalue weighted by Gasteiger charge is -2.22. The van der Waals surface area contributed by atoms with Gasteiger partial charge in [-0.2, -0.15) is 0 Å². The van der Waals surface area contributed by atoms with Gasteiger partial charge in [-0.3, -0.25) is 0 Å². The van der Waals surface area contributed by atoms with E-state index in [1.54, 1.807) is 0 Å². The maximum Gasteiger partial charge on any atom is 0.0123 e. The molecule has 1 unspecified atom stereocenters. The fourth-order valence-corrected chi connectivity index (χ4v) is 2.19. The quantitative estimate of drug-likeness (QED) is 0.479. The van der Waals surface area contributed by atoms with Gasteiger partial charge in [-0.15, -0.1) is 0 Å². The van der Waals surface area contributed by atoms with E-state index in [9.17, 15) is 0 Å². The van der Waals surface area contributed by atoms with Gasteiger partial charge in [-0.25, -0.2) is 0 Å². The minimum Gasteiger partial charge on any atom is -0.309 e. The van der Waals surface area contributed by atoms with Crippen LogP contribution in [0.4, 0.5) is 0 Å². The van der Waals surface area contributed by atoms with E-state index < -0.39 is 0 Å². The molecular formula is C13H24N. The summed E-state index contributed by atoms with van der Waals surface area (Å²) in [5.74, 6) is 0.533. The molecule has 1 heteroatoms. The fourth-order valence-electron chi connectivity index (χ4n) is 2.19. The molecule has 0 saturated heterocycles. The zero-order valence-electron chi connectivity index (χ0n) is 9.52. The number of unbranched alkanes of at least 4 members (excludes halogenated alkanes) is 3. The highest BCUT2D eigenvalue weighted by Crippen LogP contribution is 2.25. The van der Waals surface area contributed by atoms with Gasteiger partial charge in [0.25, 0.3) is 0 Å². The summed E-state index contributed by atoms with van der Waals surface area (Å²) >= 11 is 0. The maximum atomic E-state index is 7.99. The van der Waals surface area contributed by atoms with Gasteiger partial charge < -0.3 is 5.41 Å². The molecule has 1 N–H and O–H groups in total. The van der Waals surface area contributed by atoms with Crippen molar-refractivity contribution in [2.45, 2.75) is 64.7 Å². The number of hydrogen-bond donors (Lipinski definition) is 1. The third-order valence-corrected chi connectivity index (χ3v) is 3.17. The first-order chi connectivity index (χ1) is 6.84. The molecule has 0 heterocycles. The second kappa shape index (κ2) is 7.03. The monoisotopic (exact) mass is 194 g/mol. The van der Waals surface area contributed by atoms with Crippen LogP contribution in [0.5, 0.6) is 0 Å². The molecule has 0 amide bonds. The van der Waals surface area contributed by atoms with Crippen LogP contribution in [0.15, 0.2) is 0 Å². The highest BCUT2D eigenvalue weighted by molar-refractivity contribution is 5.84. The predicted octanol–water partition coefficient (Wildman–Crippen LogP) is 4.37. The average molecular weight is 194 g/mol. The summed E-state index contributed by atoms with van der Waals surface area (Å²) in [5, 5.41) is 7.99. The molecular weight excluding hydrogens is 170 g/mol. The minimum absolute atomic E-state index is 0.533. The molecule has 1 atom stereocenters. The topological polar surface area (TPSA) is 23.9 Å². The Balaban J connectivity index is 2.07. The van der Waals surface area contributed by atoms with Gasteiger partial charge in [0, 0.05) is 5.71 Å². The molecule has 1 aliphatic carbocycles. The van der Waals surface area contributed by atoms with E-state index in [0.29, 0.717) is 5.92 Å². The summed E-state index contributed by atoms with van der Waals surface area (Å²) in [6.07, 6.45) is 13.7. The SMILES string of the molecule is CCCCCCC(=N)C1[CH]CCCC1. The molecule has 1 saturated carbocycles. The van der Waals surface area contributed by atoms with Crippen LogP contribution >= 0.6 is 0 Å². The average Bonchev–Trinajstić information content (AvgIpc) is 2.25. The Kier molecular flexibility index (Phi) is 5.89. The lowest BCUT2D eigenvalue weighted by Crippen LogP contribution is -2.17. The Bertz CT molecular complexity index is 157. The molecule has 1 rings (SSSR count). The van der Waals surface area contributed by atoms with Crippen LogP contribution in [0.2, 0.25) is 0 Å². The Morgan fingerprint density at radius 3 is 2.79 bits per heavy atom.